The summed E-state index contributed by atoms with van der Waals surface area (Å²) in [6, 6.07) is 0.317. The van der Waals surface area contributed by atoms with Crippen molar-refractivity contribution in [1.29, 1.82) is 0 Å². The number of esters is 1. The maximum absolute atomic E-state index is 11.3. The smallest absolute Gasteiger partial charge is 0.310 e. The Morgan fingerprint density at radius 1 is 1.67 bits per heavy atom. The Morgan fingerprint density at radius 3 is 3.25 bits per heavy atom. The average Bonchev–Trinajstić information content (AvgIpc) is 2.56. The first-order chi connectivity index (χ1) is 5.83. The number of carbonyl (C=O) groups excluding carboxylic acids is 1. The number of rotatable bonds is 2. The summed E-state index contributed by atoms with van der Waals surface area (Å²) in [5.74, 6) is 0.140. The summed E-state index contributed by atoms with van der Waals surface area (Å²) in [4.78, 5) is 11.3. The Balaban J connectivity index is 2.05. The summed E-state index contributed by atoms with van der Waals surface area (Å²) in [5.41, 5.74) is 0. The molecule has 0 unspecified atom stereocenters. The van der Waals surface area contributed by atoms with Crippen molar-refractivity contribution in [2.75, 3.05) is 6.54 Å². The van der Waals surface area contributed by atoms with Crippen LogP contribution in [0.3, 0.4) is 0 Å². The summed E-state index contributed by atoms with van der Waals surface area (Å²) in [6.07, 6.45) is 3.20. The van der Waals surface area contributed by atoms with Crippen LogP contribution in [0.1, 0.15) is 26.2 Å². The standard InChI is InChI=1S/C9H15NO2/c1-2-3-6-8-7(4-5-10-8)12-9(6)11/h6-8,10H,2-5H2,1H3/t6-,7+,8-/m1/s1. The van der Waals surface area contributed by atoms with Crippen LogP contribution in [0.5, 0.6) is 0 Å². The highest BCUT2D eigenvalue weighted by molar-refractivity contribution is 5.76. The molecule has 0 aliphatic carbocycles. The fourth-order valence-electron chi connectivity index (χ4n) is 2.23. The summed E-state index contributed by atoms with van der Waals surface area (Å²) < 4.78 is 5.25. The second kappa shape index (κ2) is 3.05. The molecule has 0 aromatic carbocycles. The van der Waals surface area contributed by atoms with Crippen molar-refractivity contribution in [3.05, 3.63) is 0 Å². The first-order valence-corrected chi connectivity index (χ1v) is 4.77. The maximum atomic E-state index is 11.3. The van der Waals surface area contributed by atoms with Gasteiger partial charge in [-0.3, -0.25) is 4.79 Å². The molecule has 0 bridgehead atoms. The van der Waals surface area contributed by atoms with Gasteiger partial charge in [-0.2, -0.15) is 0 Å². The quantitative estimate of drug-likeness (QED) is 0.618. The zero-order valence-corrected chi connectivity index (χ0v) is 7.38. The number of fused-ring (bicyclic) bond motifs is 1. The third-order valence-electron chi connectivity index (χ3n) is 2.81. The topological polar surface area (TPSA) is 38.3 Å². The number of nitrogens with one attached hydrogen (secondary N) is 1. The van der Waals surface area contributed by atoms with E-state index in [1.807, 2.05) is 0 Å². The first kappa shape index (κ1) is 8.05. The molecule has 2 fully saturated rings. The lowest BCUT2D eigenvalue weighted by Crippen LogP contribution is -2.33. The van der Waals surface area contributed by atoms with Gasteiger partial charge in [0.2, 0.25) is 0 Å². The van der Waals surface area contributed by atoms with Gasteiger partial charge in [-0.05, 0) is 19.4 Å². The van der Waals surface area contributed by atoms with Gasteiger partial charge in [0, 0.05) is 0 Å². The van der Waals surface area contributed by atoms with Crippen LogP contribution in [-0.2, 0) is 9.53 Å². The highest BCUT2D eigenvalue weighted by Crippen LogP contribution is 2.30. The predicted molar refractivity (Wildman–Crippen MR) is 44.7 cm³/mol. The third kappa shape index (κ3) is 1.12. The van der Waals surface area contributed by atoms with Crippen molar-refractivity contribution in [1.82, 2.24) is 5.32 Å². The van der Waals surface area contributed by atoms with E-state index in [0.29, 0.717) is 6.04 Å². The SMILES string of the molecule is CCC[C@H]1C(=O)O[C@H]2CCN[C@@H]21. The number of carbonyl (C=O) groups is 1. The Bertz CT molecular complexity index is 193. The lowest BCUT2D eigenvalue weighted by atomic mass is 9.95. The van der Waals surface area contributed by atoms with Crippen LogP contribution < -0.4 is 5.32 Å². The third-order valence-corrected chi connectivity index (χ3v) is 2.81. The summed E-state index contributed by atoms with van der Waals surface area (Å²) in [6.45, 7) is 3.11. The van der Waals surface area contributed by atoms with Gasteiger partial charge in [-0.15, -0.1) is 0 Å². The van der Waals surface area contributed by atoms with Gasteiger partial charge in [-0.1, -0.05) is 13.3 Å². The lowest BCUT2D eigenvalue weighted by Gasteiger charge is -2.12. The van der Waals surface area contributed by atoms with Crippen molar-refractivity contribution in [3.63, 3.8) is 0 Å². The molecule has 2 rings (SSSR count). The van der Waals surface area contributed by atoms with Crippen molar-refractivity contribution in [3.8, 4) is 0 Å². The van der Waals surface area contributed by atoms with Crippen molar-refractivity contribution in [2.24, 2.45) is 5.92 Å². The largest absolute Gasteiger partial charge is 0.460 e. The molecule has 0 radical (unpaired) electrons. The lowest BCUT2D eigenvalue weighted by molar-refractivity contribution is -0.144. The fraction of sp³-hybridized carbons (Fsp3) is 0.889. The Morgan fingerprint density at radius 2 is 2.50 bits per heavy atom. The summed E-state index contributed by atoms with van der Waals surface area (Å²) in [7, 11) is 0. The molecule has 2 heterocycles. The molecule has 3 heteroatoms. The van der Waals surface area contributed by atoms with E-state index in [9.17, 15) is 4.79 Å². The minimum Gasteiger partial charge on any atom is -0.460 e. The molecular weight excluding hydrogens is 154 g/mol. The number of ether oxygens (including phenoxy) is 1. The minimum absolute atomic E-state index is 0.0130. The fourth-order valence-corrected chi connectivity index (χ4v) is 2.23. The van der Waals surface area contributed by atoms with Gasteiger partial charge in [0.15, 0.2) is 0 Å². The van der Waals surface area contributed by atoms with Crippen molar-refractivity contribution in [2.45, 2.75) is 38.3 Å². The Labute approximate surface area is 72.5 Å². The van der Waals surface area contributed by atoms with Crippen LogP contribution in [-0.4, -0.2) is 24.7 Å². The molecule has 68 valence electrons. The van der Waals surface area contributed by atoms with E-state index in [2.05, 4.69) is 12.2 Å². The van der Waals surface area contributed by atoms with Gasteiger partial charge in [0.25, 0.3) is 0 Å². The molecule has 12 heavy (non-hydrogen) atoms. The van der Waals surface area contributed by atoms with Gasteiger partial charge in [0.1, 0.15) is 6.10 Å². The maximum Gasteiger partial charge on any atom is 0.310 e. The number of hydrogen-bond acceptors (Lipinski definition) is 3. The van der Waals surface area contributed by atoms with E-state index in [1.165, 1.54) is 0 Å². The average molecular weight is 169 g/mol. The van der Waals surface area contributed by atoms with Gasteiger partial charge in [-0.25, -0.2) is 0 Å². The monoisotopic (exact) mass is 169 g/mol. The molecule has 0 aromatic heterocycles. The van der Waals surface area contributed by atoms with Crippen LogP contribution >= 0.6 is 0 Å². The van der Waals surface area contributed by atoms with Crippen LogP contribution in [0.25, 0.3) is 0 Å². The highest BCUT2D eigenvalue weighted by atomic mass is 16.6. The molecule has 0 saturated carbocycles. The van der Waals surface area contributed by atoms with E-state index in [-0.39, 0.29) is 18.0 Å². The van der Waals surface area contributed by atoms with Crippen molar-refractivity contribution < 1.29 is 9.53 Å². The van der Waals surface area contributed by atoms with E-state index in [0.717, 1.165) is 25.8 Å². The van der Waals surface area contributed by atoms with Crippen LogP contribution in [0, 0.1) is 5.92 Å². The normalized spacial score (nSPS) is 39.8. The molecule has 3 atom stereocenters. The Kier molecular flexibility index (Phi) is 2.05. The molecule has 2 aliphatic rings. The van der Waals surface area contributed by atoms with E-state index in [1.54, 1.807) is 0 Å². The van der Waals surface area contributed by atoms with E-state index >= 15 is 0 Å². The zero-order chi connectivity index (χ0) is 8.55. The summed E-state index contributed by atoms with van der Waals surface area (Å²) in [5, 5.41) is 3.34. The summed E-state index contributed by atoms with van der Waals surface area (Å²) >= 11 is 0. The second-order valence-electron chi connectivity index (χ2n) is 3.64. The Hall–Kier alpha value is -0.570. The van der Waals surface area contributed by atoms with Crippen LogP contribution in [0.2, 0.25) is 0 Å². The van der Waals surface area contributed by atoms with Crippen LogP contribution in [0.15, 0.2) is 0 Å². The molecule has 0 aromatic rings. The predicted octanol–water partition coefficient (Wildman–Crippen LogP) is 0.690. The molecule has 3 nitrogen and oxygen atoms in total. The van der Waals surface area contributed by atoms with Gasteiger partial charge in [0.05, 0.1) is 12.0 Å². The molecule has 1 N–H and O–H groups in total. The molecule has 2 saturated heterocycles. The minimum atomic E-state index is 0.0130. The van der Waals surface area contributed by atoms with Crippen LogP contribution in [0.4, 0.5) is 0 Å². The number of hydrogen-bond donors (Lipinski definition) is 1. The molecule has 0 amide bonds. The highest BCUT2D eigenvalue weighted by Gasteiger charge is 2.46. The molecule has 0 spiro atoms. The first-order valence-electron chi connectivity index (χ1n) is 4.77. The van der Waals surface area contributed by atoms with Gasteiger partial charge >= 0.3 is 5.97 Å². The van der Waals surface area contributed by atoms with Gasteiger partial charge < -0.3 is 10.1 Å². The molecular formula is C9H15NO2. The molecule has 2 aliphatic heterocycles. The van der Waals surface area contributed by atoms with E-state index < -0.39 is 0 Å². The zero-order valence-electron chi connectivity index (χ0n) is 7.38. The van der Waals surface area contributed by atoms with Crippen molar-refractivity contribution >= 4 is 5.97 Å². The van der Waals surface area contributed by atoms with E-state index in [4.69, 9.17) is 4.74 Å². The second-order valence-corrected chi connectivity index (χ2v) is 3.64.